The van der Waals surface area contributed by atoms with Crippen LogP contribution in [0.1, 0.15) is 5.56 Å². The molecule has 9 heteroatoms. The number of aromatic nitrogens is 3. The van der Waals surface area contributed by atoms with E-state index in [0.717, 1.165) is 12.1 Å². The second-order valence-corrected chi connectivity index (χ2v) is 4.69. The summed E-state index contributed by atoms with van der Waals surface area (Å²) in [5, 5.41) is 6.12. The Labute approximate surface area is 119 Å². The summed E-state index contributed by atoms with van der Waals surface area (Å²) in [7, 11) is 0. The first-order valence-electron chi connectivity index (χ1n) is 5.35. The van der Waals surface area contributed by atoms with Gasteiger partial charge in [0.1, 0.15) is 19.2 Å². The predicted octanol–water partition coefficient (Wildman–Crippen LogP) is 2.70. The van der Waals surface area contributed by atoms with Gasteiger partial charge in [0, 0.05) is 4.47 Å². The summed E-state index contributed by atoms with van der Waals surface area (Å²) < 4.78 is 39.4. The minimum Gasteiger partial charge on any atom is -0.323 e. The van der Waals surface area contributed by atoms with Crippen LogP contribution in [0.4, 0.5) is 18.9 Å². The topological polar surface area (TPSA) is 59.8 Å². The normalized spacial score (nSPS) is 11.4. The van der Waals surface area contributed by atoms with E-state index in [1.54, 1.807) is 0 Å². The maximum atomic E-state index is 12.6. The second-order valence-electron chi connectivity index (χ2n) is 3.83. The van der Waals surface area contributed by atoms with Gasteiger partial charge in [-0.05, 0) is 34.1 Å². The average molecular weight is 349 g/mol. The van der Waals surface area contributed by atoms with Gasteiger partial charge >= 0.3 is 6.18 Å². The van der Waals surface area contributed by atoms with Crippen molar-refractivity contribution in [3.8, 4) is 0 Å². The molecule has 0 aliphatic heterocycles. The third kappa shape index (κ3) is 3.56. The van der Waals surface area contributed by atoms with Crippen LogP contribution in [0.2, 0.25) is 0 Å². The first kappa shape index (κ1) is 14.5. The first-order chi connectivity index (χ1) is 9.36. The number of hydrogen-bond acceptors (Lipinski definition) is 3. The highest BCUT2D eigenvalue weighted by atomic mass is 79.9. The summed E-state index contributed by atoms with van der Waals surface area (Å²) in [6.07, 6.45) is -1.87. The number of carbonyl (C=O) groups excluding carboxylic acids is 1. The fourth-order valence-corrected chi connectivity index (χ4v) is 1.79. The molecule has 5 nitrogen and oxygen atoms in total. The number of benzene rings is 1. The van der Waals surface area contributed by atoms with Gasteiger partial charge in [0.05, 0.1) is 11.3 Å². The van der Waals surface area contributed by atoms with E-state index in [9.17, 15) is 18.0 Å². The molecule has 0 saturated heterocycles. The quantitative estimate of drug-likeness (QED) is 0.927. The van der Waals surface area contributed by atoms with Gasteiger partial charge in [-0.15, -0.1) is 0 Å². The zero-order valence-corrected chi connectivity index (χ0v) is 11.4. The standard InChI is InChI=1S/C11H8BrF3N4O/c12-8-2-1-7(11(13,14)15)3-9(8)18-10(20)4-19-6-16-5-17-19/h1-3,5-6H,4H2,(H,18,20). The number of alkyl halides is 3. The molecule has 20 heavy (non-hydrogen) atoms. The highest BCUT2D eigenvalue weighted by molar-refractivity contribution is 9.10. The third-order valence-electron chi connectivity index (χ3n) is 2.34. The molecule has 0 atom stereocenters. The molecule has 0 aliphatic carbocycles. The van der Waals surface area contributed by atoms with Crippen LogP contribution in [-0.4, -0.2) is 20.7 Å². The first-order valence-corrected chi connectivity index (χ1v) is 6.14. The number of carbonyl (C=O) groups is 1. The van der Waals surface area contributed by atoms with Gasteiger partial charge in [-0.2, -0.15) is 18.3 Å². The number of rotatable bonds is 3. The molecular formula is C11H8BrF3N4O. The minimum absolute atomic E-state index is 0.0462. The number of hydrogen-bond donors (Lipinski definition) is 1. The molecule has 106 valence electrons. The molecule has 0 saturated carbocycles. The molecule has 1 amide bonds. The summed E-state index contributed by atoms with van der Waals surface area (Å²) in [5.41, 5.74) is -0.790. The molecular weight excluding hydrogens is 341 g/mol. The number of nitrogens with zero attached hydrogens (tertiary/aromatic N) is 3. The van der Waals surface area contributed by atoms with E-state index in [-0.39, 0.29) is 12.2 Å². The molecule has 0 unspecified atom stereocenters. The highest BCUT2D eigenvalue weighted by Gasteiger charge is 2.31. The molecule has 1 N–H and O–H groups in total. The lowest BCUT2D eigenvalue weighted by atomic mass is 10.2. The van der Waals surface area contributed by atoms with E-state index in [2.05, 4.69) is 31.3 Å². The number of amides is 1. The third-order valence-corrected chi connectivity index (χ3v) is 3.03. The van der Waals surface area contributed by atoms with Crippen molar-refractivity contribution in [3.63, 3.8) is 0 Å². The van der Waals surface area contributed by atoms with Crippen LogP contribution in [-0.2, 0) is 17.5 Å². The lowest BCUT2D eigenvalue weighted by molar-refractivity contribution is -0.137. The molecule has 0 radical (unpaired) electrons. The fourth-order valence-electron chi connectivity index (χ4n) is 1.45. The Morgan fingerprint density at radius 2 is 2.15 bits per heavy atom. The van der Waals surface area contributed by atoms with Crippen molar-refractivity contribution in [2.24, 2.45) is 0 Å². The maximum Gasteiger partial charge on any atom is 0.416 e. The van der Waals surface area contributed by atoms with Crippen molar-refractivity contribution in [3.05, 3.63) is 40.9 Å². The van der Waals surface area contributed by atoms with Gasteiger partial charge in [0.15, 0.2) is 0 Å². The maximum absolute atomic E-state index is 12.6. The molecule has 0 bridgehead atoms. The largest absolute Gasteiger partial charge is 0.416 e. The van der Waals surface area contributed by atoms with Crippen LogP contribution in [0.15, 0.2) is 35.3 Å². The second kappa shape index (κ2) is 5.61. The zero-order valence-electron chi connectivity index (χ0n) is 9.86. The molecule has 0 spiro atoms. The lowest BCUT2D eigenvalue weighted by Gasteiger charge is -2.11. The molecule has 0 aliphatic rings. The van der Waals surface area contributed by atoms with Gasteiger partial charge in [0.2, 0.25) is 5.91 Å². The van der Waals surface area contributed by atoms with Crippen molar-refractivity contribution < 1.29 is 18.0 Å². The summed E-state index contributed by atoms with van der Waals surface area (Å²) in [4.78, 5) is 15.4. The van der Waals surface area contributed by atoms with Crippen molar-refractivity contribution in [2.75, 3.05) is 5.32 Å². The molecule has 2 aromatic rings. The van der Waals surface area contributed by atoms with Gasteiger partial charge < -0.3 is 5.32 Å². The van der Waals surface area contributed by atoms with Crippen molar-refractivity contribution in [1.82, 2.24) is 14.8 Å². The van der Waals surface area contributed by atoms with Gasteiger partial charge in [-0.1, -0.05) is 0 Å². The predicted molar refractivity (Wildman–Crippen MR) is 67.8 cm³/mol. The number of nitrogens with one attached hydrogen (secondary N) is 1. The summed E-state index contributed by atoms with van der Waals surface area (Å²) in [5.74, 6) is -0.504. The van der Waals surface area contributed by atoms with Crippen LogP contribution in [0.3, 0.4) is 0 Å². The van der Waals surface area contributed by atoms with Crippen LogP contribution in [0.5, 0.6) is 0 Å². The van der Waals surface area contributed by atoms with E-state index in [4.69, 9.17) is 0 Å². The Hall–Kier alpha value is -1.90. The highest BCUT2D eigenvalue weighted by Crippen LogP contribution is 2.33. The average Bonchev–Trinajstić information content (AvgIpc) is 2.83. The Kier molecular flexibility index (Phi) is 4.07. The Balaban J connectivity index is 2.14. The minimum atomic E-state index is -4.47. The van der Waals surface area contributed by atoms with E-state index >= 15 is 0 Å². The van der Waals surface area contributed by atoms with Crippen molar-refractivity contribution in [1.29, 1.82) is 0 Å². The van der Waals surface area contributed by atoms with Gasteiger partial charge in [-0.3, -0.25) is 4.79 Å². The molecule has 1 aromatic heterocycles. The van der Waals surface area contributed by atoms with E-state index < -0.39 is 17.6 Å². The Bertz CT molecular complexity index is 613. The van der Waals surface area contributed by atoms with Crippen LogP contribution in [0.25, 0.3) is 0 Å². The molecule has 2 rings (SSSR count). The summed E-state index contributed by atoms with van der Waals surface area (Å²) in [6.45, 7) is -0.136. The van der Waals surface area contributed by atoms with E-state index in [0.29, 0.717) is 4.47 Å². The van der Waals surface area contributed by atoms with Gasteiger partial charge in [-0.25, -0.2) is 9.67 Å². The van der Waals surface area contributed by atoms with Crippen molar-refractivity contribution in [2.45, 2.75) is 12.7 Å². The molecule has 1 aromatic carbocycles. The summed E-state index contributed by atoms with van der Waals surface area (Å²) in [6, 6.07) is 3.02. The fraction of sp³-hybridized carbons (Fsp3) is 0.182. The van der Waals surface area contributed by atoms with E-state index in [1.165, 1.54) is 23.4 Å². The summed E-state index contributed by atoms with van der Waals surface area (Å²) >= 11 is 3.09. The van der Waals surface area contributed by atoms with Crippen LogP contribution >= 0.6 is 15.9 Å². The molecule has 0 fully saturated rings. The van der Waals surface area contributed by atoms with Gasteiger partial charge in [0.25, 0.3) is 0 Å². The van der Waals surface area contributed by atoms with E-state index in [1.807, 2.05) is 0 Å². The Morgan fingerprint density at radius 3 is 2.75 bits per heavy atom. The SMILES string of the molecule is O=C(Cn1cncn1)Nc1cc(C(F)(F)F)ccc1Br. The Morgan fingerprint density at radius 1 is 1.40 bits per heavy atom. The number of halogens is 4. The monoisotopic (exact) mass is 348 g/mol. The lowest BCUT2D eigenvalue weighted by Crippen LogP contribution is -2.19. The molecule has 1 heterocycles. The van der Waals surface area contributed by atoms with Crippen molar-refractivity contribution >= 4 is 27.5 Å². The van der Waals surface area contributed by atoms with Crippen LogP contribution in [0, 0.1) is 0 Å². The smallest absolute Gasteiger partial charge is 0.323 e. The van der Waals surface area contributed by atoms with Crippen LogP contribution < -0.4 is 5.32 Å². The zero-order chi connectivity index (χ0) is 14.8. The number of anilines is 1.